The van der Waals surface area contributed by atoms with Gasteiger partial charge in [0.1, 0.15) is 0 Å². The fraction of sp³-hybridized carbons (Fsp3) is 0.923. The lowest BCUT2D eigenvalue weighted by atomic mass is 10.1. The van der Waals surface area contributed by atoms with E-state index in [0.29, 0.717) is 6.04 Å². The van der Waals surface area contributed by atoms with E-state index in [2.05, 4.69) is 15.5 Å². The Balaban J connectivity index is 1.88. The van der Waals surface area contributed by atoms with E-state index in [0.717, 1.165) is 25.6 Å². The quantitative estimate of drug-likeness (QED) is 0.741. The highest BCUT2D eigenvalue weighted by Gasteiger charge is 2.39. The minimum atomic E-state index is -0.140. The van der Waals surface area contributed by atoms with Crippen molar-refractivity contribution in [1.29, 1.82) is 0 Å². The van der Waals surface area contributed by atoms with E-state index in [1.807, 2.05) is 27.7 Å². The molecule has 2 aliphatic rings. The van der Waals surface area contributed by atoms with Crippen LogP contribution in [0.15, 0.2) is 0 Å². The van der Waals surface area contributed by atoms with Gasteiger partial charge in [0.2, 0.25) is 5.91 Å². The number of fused-ring (bicyclic) bond motifs is 1. The predicted octanol–water partition coefficient (Wildman–Crippen LogP) is 0.583. The Kier molecular flexibility index (Phi) is 3.46. The molecule has 2 rings (SSSR count). The van der Waals surface area contributed by atoms with Gasteiger partial charge in [-0.3, -0.25) is 9.69 Å². The largest absolute Gasteiger partial charge is 0.350 e. The molecule has 0 spiro atoms. The summed E-state index contributed by atoms with van der Waals surface area (Å²) in [7, 11) is 0. The first-order valence-corrected chi connectivity index (χ1v) is 6.66. The van der Waals surface area contributed by atoms with E-state index in [4.69, 9.17) is 0 Å². The molecule has 0 aromatic heterocycles. The van der Waals surface area contributed by atoms with E-state index >= 15 is 0 Å². The standard InChI is InChI=1S/C13H25N3O/c1-9(12(17)15-13(2,3)4)16-7-10-5-6-14-11(10)8-16/h9-11,14H,5-8H2,1-4H3,(H,15,17)/t9?,10-,11+/m0/s1. The Bertz CT molecular complexity index is 286. The van der Waals surface area contributed by atoms with Crippen LogP contribution in [0.1, 0.15) is 34.1 Å². The summed E-state index contributed by atoms with van der Waals surface area (Å²) >= 11 is 0. The van der Waals surface area contributed by atoms with Crippen molar-refractivity contribution in [2.45, 2.75) is 51.7 Å². The van der Waals surface area contributed by atoms with Crippen LogP contribution in [0.3, 0.4) is 0 Å². The average Bonchev–Trinajstić information content (AvgIpc) is 2.72. The summed E-state index contributed by atoms with van der Waals surface area (Å²) in [6.07, 6.45) is 1.26. The number of amides is 1. The van der Waals surface area contributed by atoms with E-state index in [9.17, 15) is 4.79 Å². The molecule has 1 unspecified atom stereocenters. The van der Waals surface area contributed by atoms with E-state index < -0.39 is 0 Å². The van der Waals surface area contributed by atoms with Crippen LogP contribution in [0.25, 0.3) is 0 Å². The van der Waals surface area contributed by atoms with Gasteiger partial charge in [-0.15, -0.1) is 0 Å². The van der Waals surface area contributed by atoms with Crippen molar-refractivity contribution >= 4 is 5.91 Å². The molecule has 4 heteroatoms. The Labute approximate surface area is 104 Å². The molecule has 17 heavy (non-hydrogen) atoms. The van der Waals surface area contributed by atoms with Crippen molar-refractivity contribution < 1.29 is 4.79 Å². The van der Waals surface area contributed by atoms with Gasteiger partial charge in [0, 0.05) is 24.7 Å². The molecule has 0 bridgehead atoms. The van der Waals surface area contributed by atoms with Crippen molar-refractivity contribution in [2.24, 2.45) is 5.92 Å². The van der Waals surface area contributed by atoms with Gasteiger partial charge in [-0.2, -0.15) is 0 Å². The fourth-order valence-electron chi connectivity index (χ4n) is 2.84. The minimum absolute atomic E-state index is 0.0124. The molecule has 0 saturated carbocycles. The summed E-state index contributed by atoms with van der Waals surface area (Å²) in [4.78, 5) is 14.4. The molecule has 2 saturated heterocycles. The molecule has 2 N–H and O–H groups in total. The number of carbonyl (C=O) groups excluding carboxylic acids is 1. The summed E-state index contributed by atoms with van der Waals surface area (Å²) in [5.41, 5.74) is -0.140. The van der Waals surface area contributed by atoms with Crippen LogP contribution in [0.2, 0.25) is 0 Å². The zero-order valence-electron chi connectivity index (χ0n) is 11.4. The normalized spacial score (nSPS) is 31.3. The van der Waals surface area contributed by atoms with Crippen LogP contribution in [-0.4, -0.2) is 48.1 Å². The molecule has 2 heterocycles. The lowest BCUT2D eigenvalue weighted by molar-refractivity contribution is -0.127. The van der Waals surface area contributed by atoms with E-state index in [-0.39, 0.29) is 17.5 Å². The van der Waals surface area contributed by atoms with Crippen molar-refractivity contribution in [2.75, 3.05) is 19.6 Å². The van der Waals surface area contributed by atoms with Crippen molar-refractivity contribution in [1.82, 2.24) is 15.5 Å². The molecule has 0 aromatic rings. The average molecular weight is 239 g/mol. The number of rotatable bonds is 2. The SMILES string of the molecule is CC(C(=O)NC(C)(C)C)N1C[C@@H]2CCN[C@@H]2C1. The molecular formula is C13H25N3O. The van der Waals surface area contributed by atoms with Crippen molar-refractivity contribution in [3.8, 4) is 0 Å². The third-order valence-electron chi connectivity index (χ3n) is 3.82. The third kappa shape index (κ3) is 2.99. The summed E-state index contributed by atoms with van der Waals surface area (Å²) in [5.74, 6) is 0.900. The Morgan fingerprint density at radius 1 is 1.41 bits per heavy atom. The second-order valence-corrected chi connectivity index (χ2v) is 6.48. The van der Waals surface area contributed by atoms with Crippen molar-refractivity contribution in [3.63, 3.8) is 0 Å². The fourth-order valence-corrected chi connectivity index (χ4v) is 2.84. The van der Waals surface area contributed by atoms with E-state index in [1.54, 1.807) is 0 Å². The Hall–Kier alpha value is -0.610. The molecule has 4 nitrogen and oxygen atoms in total. The zero-order chi connectivity index (χ0) is 12.6. The number of nitrogens with one attached hydrogen (secondary N) is 2. The number of likely N-dealkylation sites (tertiary alicyclic amines) is 1. The van der Waals surface area contributed by atoms with Crippen LogP contribution in [0.5, 0.6) is 0 Å². The molecule has 0 aromatic carbocycles. The third-order valence-corrected chi connectivity index (χ3v) is 3.82. The zero-order valence-corrected chi connectivity index (χ0v) is 11.4. The van der Waals surface area contributed by atoms with Gasteiger partial charge in [-0.05, 0) is 46.6 Å². The van der Waals surface area contributed by atoms with Crippen LogP contribution < -0.4 is 10.6 Å². The van der Waals surface area contributed by atoms with Gasteiger partial charge in [-0.1, -0.05) is 0 Å². The molecule has 98 valence electrons. The first-order valence-electron chi connectivity index (χ1n) is 6.66. The summed E-state index contributed by atoms with van der Waals surface area (Å²) < 4.78 is 0. The molecule has 2 aliphatic heterocycles. The minimum Gasteiger partial charge on any atom is -0.350 e. The van der Waals surface area contributed by atoms with Gasteiger partial charge in [0.05, 0.1) is 6.04 Å². The highest BCUT2D eigenvalue weighted by atomic mass is 16.2. The molecular weight excluding hydrogens is 214 g/mol. The molecule has 0 radical (unpaired) electrons. The number of hydrogen-bond donors (Lipinski definition) is 2. The molecule has 3 atom stereocenters. The van der Waals surface area contributed by atoms with Crippen LogP contribution in [-0.2, 0) is 4.79 Å². The highest BCUT2D eigenvalue weighted by Crippen LogP contribution is 2.26. The predicted molar refractivity (Wildman–Crippen MR) is 68.8 cm³/mol. The topological polar surface area (TPSA) is 44.4 Å². The van der Waals surface area contributed by atoms with E-state index in [1.165, 1.54) is 6.42 Å². The maximum Gasteiger partial charge on any atom is 0.237 e. The summed E-state index contributed by atoms with van der Waals surface area (Å²) in [6, 6.07) is 0.599. The van der Waals surface area contributed by atoms with Crippen LogP contribution in [0.4, 0.5) is 0 Å². The van der Waals surface area contributed by atoms with Gasteiger partial charge in [0.25, 0.3) is 0 Å². The summed E-state index contributed by atoms with van der Waals surface area (Å²) in [6.45, 7) is 11.3. The smallest absolute Gasteiger partial charge is 0.237 e. The van der Waals surface area contributed by atoms with Crippen LogP contribution in [0, 0.1) is 5.92 Å². The van der Waals surface area contributed by atoms with Crippen molar-refractivity contribution in [3.05, 3.63) is 0 Å². The first kappa shape index (κ1) is 12.8. The van der Waals surface area contributed by atoms with Gasteiger partial charge in [-0.25, -0.2) is 0 Å². The maximum atomic E-state index is 12.1. The van der Waals surface area contributed by atoms with Gasteiger partial charge >= 0.3 is 0 Å². The second kappa shape index (κ2) is 4.58. The first-order chi connectivity index (χ1) is 7.87. The Morgan fingerprint density at radius 2 is 2.12 bits per heavy atom. The van der Waals surface area contributed by atoms with Gasteiger partial charge in [0.15, 0.2) is 0 Å². The Morgan fingerprint density at radius 3 is 2.71 bits per heavy atom. The second-order valence-electron chi connectivity index (χ2n) is 6.48. The lowest BCUT2D eigenvalue weighted by Gasteiger charge is -2.28. The number of nitrogens with zero attached hydrogens (tertiary/aromatic N) is 1. The lowest BCUT2D eigenvalue weighted by Crippen LogP contribution is -2.51. The van der Waals surface area contributed by atoms with Crippen LogP contribution >= 0.6 is 0 Å². The number of carbonyl (C=O) groups is 1. The maximum absolute atomic E-state index is 12.1. The van der Waals surface area contributed by atoms with Gasteiger partial charge < -0.3 is 10.6 Å². The monoisotopic (exact) mass is 239 g/mol. The summed E-state index contributed by atoms with van der Waals surface area (Å²) in [5, 5.41) is 6.58. The molecule has 1 amide bonds. The number of hydrogen-bond acceptors (Lipinski definition) is 3. The molecule has 0 aliphatic carbocycles. The molecule has 2 fully saturated rings. The highest BCUT2D eigenvalue weighted by molar-refractivity contribution is 5.82.